The second-order valence-electron chi connectivity index (χ2n) is 7.72. The van der Waals surface area contributed by atoms with E-state index in [1.165, 1.54) is 22.4 Å². The number of hydrogen-bond donors (Lipinski definition) is 0. The van der Waals surface area contributed by atoms with Gasteiger partial charge in [0.1, 0.15) is 10.7 Å². The molecule has 1 aliphatic carbocycles. The van der Waals surface area contributed by atoms with Crippen molar-refractivity contribution in [1.29, 1.82) is 0 Å². The minimum atomic E-state index is 0.0310. The van der Waals surface area contributed by atoms with E-state index in [4.69, 9.17) is 0 Å². The molecule has 0 fully saturated rings. The van der Waals surface area contributed by atoms with Crippen molar-refractivity contribution in [2.24, 2.45) is 0 Å². The van der Waals surface area contributed by atoms with Crippen LogP contribution in [0.4, 0.5) is 0 Å². The Morgan fingerprint density at radius 1 is 1.07 bits per heavy atom. The highest BCUT2D eigenvalue weighted by Gasteiger charge is 2.25. The summed E-state index contributed by atoms with van der Waals surface area (Å²) < 4.78 is 3.85. The second-order valence-corrected chi connectivity index (χ2v) is 8.80. The zero-order valence-electron chi connectivity index (χ0n) is 15.8. The normalized spacial score (nSPS) is 14.4. The highest BCUT2D eigenvalue weighted by molar-refractivity contribution is 7.18. The maximum atomic E-state index is 13.6. The second kappa shape index (κ2) is 6.02. The van der Waals surface area contributed by atoms with Gasteiger partial charge in [-0.2, -0.15) is 0 Å². The molecule has 5 rings (SSSR count). The molecule has 3 aromatic heterocycles. The quantitative estimate of drug-likeness (QED) is 0.519. The number of nitrogens with zero attached hydrogens (tertiary/aromatic N) is 4. The van der Waals surface area contributed by atoms with Crippen LogP contribution < -0.4 is 5.56 Å². The lowest BCUT2D eigenvalue weighted by Gasteiger charge is -2.12. The molecule has 0 radical (unpaired) electrons. The predicted octanol–water partition coefficient (Wildman–Crippen LogP) is 4.41. The van der Waals surface area contributed by atoms with Crippen molar-refractivity contribution in [2.75, 3.05) is 0 Å². The Labute approximate surface area is 161 Å². The summed E-state index contributed by atoms with van der Waals surface area (Å²) in [5.74, 6) is 1.75. The van der Waals surface area contributed by atoms with Crippen molar-refractivity contribution in [3.8, 4) is 5.69 Å². The largest absolute Gasteiger partial charge is 0.268 e. The van der Waals surface area contributed by atoms with Crippen molar-refractivity contribution >= 4 is 27.3 Å². The number of aryl methyl sites for hydroxylation is 3. The van der Waals surface area contributed by atoms with Crippen LogP contribution in [0.3, 0.4) is 0 Å². The molecule has 3 heterocycles. The average Bonchev–Trinajstić information content (AvgIpc) is 3.25. The smallest absolute Gasteiger partial charge is 0.268 e. The lowest BCUT2D eigenvalue weighted by Crippen LogP contribution is -2.22. The van der Waals surface area contributed by atoms with Crippen molar-refractivity contribution in [1.82, 2.24) is 19.2 Å². The molecule has 0 N–H and O–H groups in total. The lowest BCUT2D eigenvalue weighted by atomic mass is 9.97. The Morgan fingerprint density at radius 2 is 1.81 bits per heavy atom. The summed E-state index contributed by atoms with van der Waals surface area (Å²) >= 11 is 1.76. The molecule has 138 valence electrons. The molecule has 1 aromatic carbocycles. The fourth-order valence-electron chi connectivity index (χ4n) is 4.06. The Bertz CT molecular complexity index is 1230. The first-order valence-electron chi connectivity index (χ1n) is 9.57. The van der Waals surface area contributed by atoms with Gasteiger partial charge in [-0.05, 0) is 50.3 Å². The first-order valence-corrected chi connectivity index (χ1v) is 10.4. The first kappa shape index (κ1) is 16.7. The van der Waals surface area contributed by atoms with E-state index >= 15 is 0 Å². The van der Waals surface area contributed by atoms with Crippen LogP contribution in [0.25, 0.3) is 21.7 Å². The first-order chi connectivity index (χ1) is 13.1. The highest BCUT2D eigenvalue weighted by Crippen LogP contribution is 2.36. The van der Waals surface area contributed by atoms with Crippen molar-refractivity contribution in [2.45, 2.75) is 52.4 Å². The van der Waals surface area contributed by atoms with Crippen LogP contribution in [0, 0.1) is 6.92 Å². The fraction of sp³-hybridized carbons (Fsp3) is 0.381. The highest BCUT2D eigenvalue weighted by atomic mass is 32.1. The Morgan fingerprint density at radius 3 is 2.56 bits per heavy atom. The maximum absolute atomic E-state index is 13.6. The molecule has 6 heteroatoms. The van der Waals surface area contributed by atoms with E-state index in [0.717, 1.165) is 41.0 Å². The van der Waals surface area contributed by atoms with Gasteiger partial charge in [0.15, 0.2) is 0 Å². The van der Waals surface area contributed by atoms with Gasteiger partial charge >= 0.3 is 0 Å². The number of fused-ring (bicyclic) bond motifs is 5. The number of hydrogen-bond acceptors (Lipinski definition) is 4. The Balaban J connectivity index is 1.98. The molecule has 27 heavy (non-hydrogen) atoms. The topological polar surface area (TPSA) is 52.2 Å². The summed E-state index contributed by atoms with van der Waals surface area (Å²) in [4.78, 5) is 16.0. The van der Waals surface area contributed by atoms with Crippen LogP contribution in [-0.2, 0) is 12.8 Å². The summed E-state index contributed by atoms with van der Waals surface area (Å²) in [6, 6.07) is 8.05. The zero-order chi connectivity index (χ0) is 18.7. The van der Waals surface area contributed by atoms with Crippen molar-refractivity contribution in [3.63, 3.8) is 0 Å². The van der Waals surface area contributed by atoms with E-state index in [9.17, 15) is 4.79 Å². The Kier molecular flexibility index (Phi) is 3.72. The van der Waals surface area contributed by atoms with Gasteiger partial charge < -0.3 is 0 Å². The van der Waals surface area contributed by atoms with Crippen LogP contribution in [0.5, 0.6) is 0 Å². The number of aromatic nitrogens is 4. The number of thiophene rings is 1. The van der Waals surface area contributed by atoms with Crippen LogP contribution in [0.15, 0.2) is 29.1 Å². The van der Waals surface area contributed by atoms with E-state index in [-0.39, 0.29) is 11.5 Å². The van der Waals surface area contributed by atoms with Crippen LogP contribution >= 0.6 is 11.3 Å². The van der Waals surface area contributed by atoms with Crippen LogP contribution in [-0.4, -0.2) is 19.2 Å². The van der Waals surface area contributed by atoms with Crippen molar-refractivity contribution < 1.29 is 0 Å². The molecule has 4 aromatic rings. The van der Waals surface area contributed by atoms with Gasteiger partial charge in [-0.3, -0.25) is 9.20 Å². The summed E-state index contributed by atoms with van der Waals surface area (Å²) in [5.41, 5.74) is 3.29. The fourth-order valence-corrected chi connectivity index (χ4v) is 5.45. The molecular weight excluding hydrogens is 356 g/mol. The third-order valence-electron chi connectivity index (χ3n) is 5.45. The average molecular weight is 379 g/mol. The lowest BCUT2D eigenvalue weighted by molar-refractivity contribution is 0.699. The molecule has 0 spiro atoms. The summed E-state index contributed by atoms with van der Waals surface area (Å²) in [6.07, 6.45) is 4.41. The predicted molar refractivity (Wildman–Crippen MR) is 109 cm³/mol. The van der Waals surface area contributed by atoms with E-state index in [1.807, 2.05) is 24.3 Å². The number of rotatable bonds is 2. The third kappa shape index (κ3) is 2.39. The van der Waals surface area contributed by atoms with E-state index in [0.29, 0.717) is 5.78 Å². The Hall–Kier alpha value is -2.47. The van der Waals surface area contributed by atoms with Gasteiger partial charge in [-0.15, -0.1) is 21.5 Å². The molecule has 0 unspecified atom stereocenters. The van der Waals surface area contributed by atoms with Gasteiger partial charge in [0.2, 0.25) is 5.78 Å². The zero-order valence-corrected chi connectivity index (χ0v) is 16.6. The van der Waals surface area contributed by atoms with Crippen LogP contribution in [0.2, 0.25) is 0 Å². The molecular formula is C21H22N4OS. The molecule has 5 nitrogen and oxygen atoms in total. The van der Waals surface area contributed by atoms with E-state index in [1.54, 1.807) is 15.9 Å². The van der Waals surface area contributed by atoms with Gasteiger partial charge in [0, 0.05) is 10.8 Å². The maximum Gasteiger partial charge on any atom is 0.268 e. The molecule has 0 saturated heterocycles. The summed E-state index contributed by atoms with van der Waals surface area (Å²) in [6.45, 7) is 6.29. The van der Waals surface area contributed by atoms with E-state index < -0.39 is 0 Å². The van der Waals surface area contributed by atoms with Gasteiger partial charge in [0.05, 0.1) is 11.1 Å². The molecule has 0 atom stereocenters. The molecule has 0 aliphatic heterocycles. The van der Waals surface area contributed by atoms with Crippen molar-refractivity contribution in [3.05, 3.63) is 56.4 Å². The summed E-state index contributed by atoms with van der Waals surface area (Å²) in [5, 5.41) is 9.76. The summed E-state index contributed by atoms with van der Waals surface area (Å²) in [7, 11) is 0. The monoisotopic (exact) mass is 378 g/mol. The number of benzene rings is 1. The van der Waals surface area contributed by atoms with E-state index in [2.05, 4.69) is 35.4 Å². The van der Waals surface area contributed by atoms with Gasteiger partial charge in [0.25, 0.3) is 5.56 Å². The van der Waals surface area contributed by atoms with Crippen LogP contribution in [0.1, 0.15) is 54.4 Å². The molecule has 0 amide bonds. The molecule has 0 saturated carbocycles. The van der Waals surface area contributed by atoms with Gasteiger partial charge in [-0.25, -0.2) is 4.57 Å². The minimum Gasteiger partial charge on any atom is -0.268 e. The third-order valence-corrected chi connectivity index (χ3v) is 6.73. The standard InChI is InChI=1S/C21H22N4OS/c1-12(2)18-22-23-21-24(14-10-8-13(3)9-11-14)19(26)17-15-6-4-5-7-16(15)27-20(17)25(18)21/h8-12H,4-7H2,1-3H3. The van der Waals surface area contributed by atoms with Gasteiger partial charge in [-0.1, -0.05) is 31.5 Å². The molecule has 1 aliphatic rings. The minimum absolute atomic E-state index is 0.0310. The molecule has 0 bridgehead atoms. The SMILES string of the molecule is Cc1ccc(-n2c(=O)c3c4c(sc3n3c(C(C)C)nnc23)CCCC4)cc1.